The maximum atomic E-state index is 10.8. The molecule has 0 aliphatic carbocycles. The van der Waals surface area contributed by atoms with Crippen LogP contribution in [0.15, 0.2) is 0 Å². The zero-order valence-corrected chi connectivity index (χ0v) is 8.96. The molecule has 0 radical (unpaired) electrons. The molecule has 0 aromatic carbocycles. The lowest BCUT2D eigenvalue weighted by Gasteiger charge is -2.20. The van der Waals surface area contributed by atoms with Gasteiger partial charge < -0.3 is 4.74 Å². The Labute approximate surface area is 83.3 Å². The summed E-state index contributed by atoms with van der Waals surface area (Å²) >= 11 is 11.9. The summed E-state index contributed by atoms with van der Waals surface area (Å²) in [5.41, 5.74) is 0. The van der Waals surface area contributed by atoms with E-state index in [0.717, 1.165) is 0 Å². The van der Waals surface area contributed by atoms with Crippen LogP contribution in [0, 0.1) is 0 Å². The average Bonchev–Trinajstić information content (AvgIpc) is 1.87. The molecule has 0 aromatic heterocycles. The smallest absolute Gasteiger partial charge is 0.308 e. The van der Waals surface area contributed by atoms with E-state index < -0.39 is 4.27 Å². The van der Waals surface area contributed by atoms with Crippen molar-refractivity contribution in [2.75, 3.05) is 5.75 Å². The highest BCUT2D eigenvalue weighted by Gasteiger charge is 2.21. The molecule has 0 saturated carbocycles. The quantitative estimate of drug-likeness (QED) is 0.376. The number of ether oxygens (including phenoxy) is 1. The molecule has 0 rings (SSSR count). The molecule has 0 aliphatic rings. The number of esters is 1. The normalized spacial score (nSPS) is 11.3. The molecule has 66 valence electrons. The van der Waals surface area contributed by atoms with E-state index in [4.69, 9.17) is 4.74 Å². The van der Waals surface area contributed by atoms with Gasteiger partial charge in [-0.1, -0.05) is 6.92 Å². The van der Waals surface area contributed by atoms with Gasteiger partial charge in [0.15, 0.2) is 4.27 Å². The summed E-state index contributed by atoms with van der Waals surface area (Å²) in [5, 5.41) is 0. The Morgan fingerprint density at radius 3 is 2.45 bits per heavy atom. The van der Waals surface area contributed by atoms with E-state index in [1.54, 1.807) is 0 Å². The van der Waals surface area contributed by atoms with E-state index in [9.17, 15) is 4.79 Å². The lowest BCUT2D eigenvalue weighted by molar-refractivity contribution is -0.146. The number of rotatable bonds is 4. The Kier molecular flexibility index (Phi) is 5.46. The molecule has 0 aromatic rings. The van der Waals surface area contributed by atoms with Crippen molar-refractivity contribution >= 4 is 43.9 Å². The minimum absolute atomic E-state index is 0.298. The summed E-state index contributed by atoms with van der Waals surface area (Å²) in [7, 11) is 0. The van der Waals surface area contributed by atoms with E-state index in [1.807, 2.05) is 6.92 Å². The maximum absolute atomic E-state index is 10.8. The molecule has 0 amide bonds. The summed E-state index contributed by atoms with van der Waals surface area (Å²) in [6, 6.07) is 0. The molecule has 0 unspecified atom stereocenters. The van der Waals surface area contributed by atoms with E-state index in [-0.39, 0.29) is 5.97 Å². The Bertz CT molecular complexity index is 136. The first-order valence-electron chi connectivity index (χ1n) is 3.29. The molecule has 0 fully saturated rings. The van der Waals surface area contributed by atoms with Crippen LogP contribution in [-0.4, -0.2) is 16.0 Å². The van der Waals surface area contributed by atoms with Crippen molar-refractivity contribution in [1.82, 2.24) is 0 Å². The van der Waals surface area contributed by atoms with E-state index in [1.165, 1.54) is 0 Å². The van der Waals surface area contributed by atoms with Gasteiger partial charge in [-0.05, 0) is 0 Å². The van der Waals surface area contributed by atoms with E-state index >= 15 is 0 Å². The van der Waals surface area contributed by atoms with Gasteiger partial charge in [-0.2, -0.15) is 12.6 Å². The summed E-state index contributed by atoms with van der Waals surface area (Å²) in [4.78, 5) is 10.8. The van der Waals surface area contributed by atoms with Gasteiger partial charge in [-0.25, -0.2) is 0 Å². The number of carbonyl (C=O) groups is 1. The fourth-order valence-electron chi connectivity index (χ4n) is 0.397. The van der Waals surface area contributed by atoms with Crippen LogP contribution in [0.5, 0.6) is 0 Å². The first-order valence-corrected chi connectivity index (χ1v) is 4.82. The minimum Gasteiger partial charge on any atom is -0.439 e. The predicted octanol–water partition coefficient (Wildman–Crippen LogP) is 1.77. The van der Waals surface area contributed by atoms with Gasteiger partial charge in [0.05, 0.1) is 6.42 Å². The van der Waals surface area contributed by atoms with E-state index in [2.05, 4.69) is 37.9 Å². The summed E-state index contributed by atoms with van der Waals surface area (Å²) in [6.45, 7) is 1.84. The van der Waals surface area contributed by atoms with Crippen LogP contribution in [0.4, 0.5) is 0 Å². The Morgan fingerprint density at radius 1 is 1.55 bits per heavy atom. The van der Waals surface area contributed by atoms with Crippen LogP contribution in [0.25, 0.3) is 0 Å². The van der Waals surface area contributed by atoms with E-state index in [0.29, 0.717) is 18.6 Å². The summed E-state index contributed by atoms with van der Waals surface area (Å²) < 4.78 is 3.94. The van der Waals surface area contributed by atoms with Crippen LogP contribution in [0.2, 0.25) is 0 Å². The molecule has 0 saturated heterocycles. The molecule has 0 aliphatic heterocycles. The molecule has 5 heteroatoms. The van der Waals surface area contributed by atoms with Gasteiger partial charge in [0.2, 0.25) is 0 Å². The number of hydrogen-bond acceptors (Lipinski definition) is 5. The zero-order valence-electron chi connectivity index (χ0n) is 6.28. The molecule has 0 atom stereocenters. The van der Waals surface area contributed by atoms with Crippen molar-refractivity contribution in [1.29, 1.82) is 0 Å². The Balaban J connectivity index is 3.74. The molecule has 11 heavy (non-hydrogen) atoms. The SMILES string of the molecule is CCC(S)(S)OC(=O)CCS. The van der Waals surface area contributed by atoms with Crippen molar-refractivity contribution < 1.29 is 9.53 Å². The fraction of sp³-hybridized carbons (Fsp3) is 0.833. The van der Waals surface area contributed by atoms with Gasteiger partial charge in [-0.15, -0.1) is 25.3 Å². The topological polar surface area (TPSA) is 26.3 Å². The standard InChI is InChI=1S/C6H12O2S3/c1-2-6(10,11)8-5(7)3-4-9/h9-11H,2-4H2,1H3. The van der Waals surface area contributed by atoms with Gasteiger partial charge in [-0.3, -0.25) is 4.79 Å². The molecule has 0 bridgehead atoms. The van der Waals surface area contributed by atoms with Crippen molar-refractivity contribution in [3.63, 3.8) is 0 Å². The number of hydrogen-bond donors (Lipinski definition) is 3. The Morgan fingerprint density at radius 2 is 2.09 bits per heavy atom. The number of thiol groups is 3. The average molecular weight is 212 g/mol. The zero-order chi connectivity index (χ0) is 8.91. The number of carbonyl (C=O) groups excluding carboxylic acids is 1. The summed E-state index contributed by atoms with van der Waals surface area (Å²) in [6.07, 6.45) is 0.865. The highest BCUT2D eigenvalue weighted by molar-refractivity contribution is 8.00. The fourth-order valence-corrected chi connectivity index (χ4v) is 0.783. The van der Waals surface area contributed by atoms with Crippen LogP contribution in [0.3, 0.4) is 0 Å². The van der Waals surface area contributed by atoms with Gasteiger partial charge in [0, 0.05) is 12.2 Å². The molecule has 0 heterocycles. The molecule has 0 N–H and O–H groups in total. The maximum Gasteiger partial charge on any atom is 0.308 e. The van der Waals surface area contributed by atoms with Crippen molar-refractivity contribution in [2.45, 2.75) is 24.0 Å². The van der Waals surface area contributed by atoms with Crippen LogP contribution in [-0.2, 0) is 9.53 Å². The van der Waals surface area contributed by atoms with Gasteiger partial charge in [0.25, 0.3) is 0 Å². The predicted molar refractivity (Wildman–Crippen MR) is 55.6 cm³/mol. The molecular formula is C6H12O2S3. The second-order valence-electron chi connectivity index (χ2n) is 2.04. The van der Waals surface area contributed by atoms with Crippen LogP contribution >= 0.6 is 37.9 Å². The highest BCUT2D eigenvalue weighted by atomic mass is 32.2. The summed E-state index contributed by atoms with van der Waals surface area (Å²) in [5.74, 6) is 0.173. The first-order chi connectivity index (χ1) is 5.02. The van der Waals surface area contributed by atoms with Gasteiger partial charge >= 0.3 is 5.97 Å². The largest absolute Gasteiger partial charge is 0.439 e. The Hall–Kier alpha value is 0.520. The van der Waals surface area contributed by atoms with Crippen molar-refractivity contribution in [2.24, 2.45) is 0 Å². The molecular weight excluding hydrogens is 200 g/mol. The molecule has 0 spiro atoms. The monoisotopic (exact) mass is 212 g/mol. The third kappa shape index (κ3) is 5.75. The minimum atomic E-state index is -0.931. The lowest BCUT2D eigenvalue weighted by Crippen LogP contribution is -2.21. The highest BCUT2D eigenvalue weighted by Crippen LogP contribution is 2.25. The lowest BCUT2D eigenvalue weighted by atomic mass is 10.5. The van der Waals surface area contributed by atoms with Gasteiger partial charge in [0.1, 0.15) is 0 Å². The van der Waals surface area contributed by atoms with Crippen molar-refractivity contribution in [3.8, 4) is 0 Å². The van der Waals surface area contributed by atoms with Crippen LogP contribution in [0.1, 0.15) is 19.8 Å². The third-order valence-electron chi connectivity index (χ3n) is 1.05. The first kappa shape index (κ1) is 11.5. The van der Waals surface area contributed by atoms with Crippen LogP contribution < -0.4 is 0 Å². The molecule has 2 nitrogen and oxygen atoms in total. The van der Waals surface area contributed by atoms with Crippen molar-refractivity contribution in [3.05, 3.63) is 0 Å². The second-order valence-corrected chi connectivity index (χ2v) is 4.29. The third-order valence-corrected chi connectivity index (χ3v) is 2.09. The second kappa shape index (κ2) is 5.22.